The number of piperidine rings is 1. The monoisotopic (exact) mass is 392 g/mol. The molecule has 4 heterocycles. The fourth-order valence-corrected chi connectivity index (χ4v) is 4.20. The summed E-state index contributed by atoms with van der Waals surface area (Å²) >= 11 is 0. The molecular weight excluding hydrogens is 368 g/mol. The molecule has 0 saturated carbocycles. The van der Waals surface area contributed by atoms with Gasteiger partial charge < -0.3 is 19.2 Å². The van der Waals surface area contributed by atoms with Gasteiger partial charge in [-0.2, -0.15) is 0 Å². The number of rotatable bonds is 3. The molecule has 5 rings (SSSR count). The maximum Gasteiger partial charge on any atom is 0.291 e. The Morgan fingerprint density at radius 2 is 1.93 bits per heavy atom. The summed E-state index contributed by atoms with van der Waals surface area (Å²) in [4.78, 5) is 19.4. The molecule has 0 spiro atoms. The van der Waals surface area contributed by atoms with Crippen molar-refractivity contribution in [2.75, 3.05) is 19.6 Å². The zero-order chi connectivity index (χ0) is 19.8. The highest BCUT2D eigenvalue weighted by Gasteiger charge is 2.31. The Morgan fingerprint density at radius 3 is 2.72 bits per heavy atom. The molecule has 0 aliphatic carbocycles. The SMILES string of the molecule is Cc1nc(-c2ccccc2)oc1C(=O)N1CCC(c2nnc3n2CCNC3)CC1. The zero-order valence-electron chi connectivity index (χ0n) is 16.5. The number of aryl methyl sites for hydroxylation is 1. The molecule has 0 unspecified atom stereocenters. The van der Waals surface area contributed by atoms with Crippen LogP contribution in [0.5, 0.6) is 0 Å². The summed E-state index contributed by atoms with van der Waals surface area (Å²) in [7, 11) is 0. The third-order valence-corrected chi connectivity index (χ3v) is 5.81. The molecule has 2 aromatic heterocycles. The van der Waals surface area contributed by atoms with E-state index in [1.165, 1.54) is 0 Å². The van der Waals surface area contributed by atoms with Crippen LogP contribution in [0.1, 0.15) is 46.7 Å². The first-order valence-corrected chi connectivity index (χ1v) is 10.2. The topological polar surface area (TPSA) is 89.1 Å². The first kappa shape index (κ1) is 18.1. The van der Waals surface area contributed by atoms with Crippen molar-refractivity contribution in [2.45, 2.75) is 38.8 Å². The van der Waals surface area contributed by atoms with Crippen molar-refractivity contribution in [2.24, 2.45) is 0 Å². The molecule has 1 aromatic carbocycles. The number of amides is 1. The number of oxazole rings is 1. The number of likely N-dealkylation sites (tertiary alicyclic amines) is 1. The number of carbonyl (C=O) groups excluding carboxylic acids is 1. The number of hydrogen-bond acceptors (Lipinski definition) is 6. The Balaban J connectivity index is 1.28. The summed E-state index contributed by atoms with van der Waals surface area (Å²) in [5, 5.41) is 12.1. The molecule has 0 bridgehead atoms. The highest BCUT2D eigenvalue weighted by molar-refractivity contribution is 5.93. The van der Waals surface area contributed by atoms with Gasteiger partial charge in [0.2, 0.25) is 11.7 Å². The second-order valence-corrected chi connectivity index (χ2v) is 7.67. The Kier molecular flexibility index (Phi) is 4.63. The van der Waals surface area contributed by atoms with Crippen molar-refractivity contribution in [3.63, 3.8) is 0 Å². The van der Waals surface area contributed by atoms with E-state index in [2.05, 4.69) is 25.1 Å². The molecule has 1 N–H and O–H groups in total. The largest absolute Gasteiger partial charge is 0.431 e. The first-order chi connectivity index (χ1) is 14.2. The maximum atomic E-state index is 13.0. The number of benzene rings is 1. The Morgan fingerprint density at radius 1 is 1.14 bits per heavy atom. The molecule has 3 aromatic rings. The van der Waals surface area contributed by atoms with Gasteiger partial charge in [-0.05, 0) is 31.9 Å². The van der Waals surface area contributed by atoms with E-state index in [1.54, 1.807) is 0 Å². The number of fused-ring (bicyclic) bond motifs is 1. The van der Waals surface area contributed by atoms with E-state index in [-0.39, 0.29) is 5.91 Å². The minimum absolute atomic E-state index is 0.0805. The lowest BCUT2D eigenvalue weighted by Crippen LogP contribution is -2.39. The van der Waals surface area contributed by atoms with Crippen LogP contribution in [0.3, 0.4) is 0 Å². The van der Waals surface area contributed by atoms with E-state index < -0.39 is 0 Å². The lowest BCUT2D eigenvalue weighted by molar-refractivity contribution is 0.0678. The van der Waals surface area contributed by atoms with Crippen LogP contribution in [0.15, 0.2) is 34.7 Å². The Labute approximate surface area is 168 Å². The van der Waals surface area contributed by atoms with Crippen LogP contribution in [0.25, 0.3) is 11.5 Å². The van der Waals surface area contributed by atoms with Gasteiger partial charge in [-0.25, -0.2) is 4.98 Å². The van der Waals surface area contributed by atoms with Crippen molar-refractivity contribution in [1.29, 1.82) is 0 Å². The van der Waals surface area contributed by atoms with Crippen molar-refractivity contribution in [3.8, 4) is 11.5 Å². The van der Waals surface area contributed by atoms with Crippen LogP contribution >= 0.6 is 0 Å². The van der Waals surface area contributed by atoms with Crippen molar-refractivity contribution in [1.82, 2.24) is 30.0 Å². The third-order valence-electron chi connectivity index (χ3n) is 5.81. The minimum Gasteiger partial charge on any atom is -0.431 e. The number of nitrogens with one attached hydrogen (secondary N) is 1. The molecule has 8 heteroatoms. The van der Waals surface area contributed by atoms with Crippen LogP contribution in [0.4, 0.5) is 0 Å². The molecular formula is C21H24N6O2. The number of hydrogen-bond donors (Lipinski definition) is 1. The molecule has 0 atom stereocenters. The van der Waals surface area contributed by atoms with Crippen LogP contribution in [-0.4, -0.2) is 50.2 Å². The lowest BCUT2D eigenvalue weighted by atomic mass is 9.95. The second kappa shape index (κ2) is 7.44. The van der Waals surface area contributed by atoms with Gasteiger partial charge in [0.1, 0.15) is 11.6 Å². The Bertz CT molecular complexity index is 1020. The molecule has 2 aliphatic heterocycles. The average Bonchev–Trinajstić information content (AvgIpc) is 3.38. The van der Waals surface area contributed by atoms with E-state index in [0.29, 0.717) is 36.4 Å². The minimum atomic E-state index is -0.0805. The molecule has 1 amide bonds. The van der Waals surface area contributed by atoms with Crippen LogP contribution < -0.4 is 5.32 Å². The normalized spacial score (nSPS) is 17.3. The fourth-order valence-electron chi connectivity index (χ4n) is 4.20. The van der Waals surface area contributed by atoms with E-state index >= 15 is 0 Å². The highest BCUT2D eigenvalue weighted by Crippen LogP contribution is 2.29. The number of carbonyl (C=O) groups is 1. The standard InChI is InChI=1S/C21H24N6O2/c1-14-18(29-20(23-14)16-5-3-2-4-6-16)21(28)26-10-7-15(8-11-26)19-25-24-17-13-22-9-12-27(17)19/h2-6,15,22H,7-13H2,1H3. The molecule has 29 heavy (non-hydrogen) atoms. The van der Waals surface area contributed by atoms with Gasteiger partial charge in [0.15, 0.2) is 0 Å². The zero-order valence-corrected chi connectivity index (χ0v) is 16.5. The van der Waals surface area contributed by atoms with Gasteiger partial charge in [0.05, 0.1) is 12.2 Å². The molecule has 2 aliphatic rings. The first-order valence-electron chi connectivity index (χ1n) is 10.2. The van der Waals surface area contributed by atoms with Gasteiger partial charge in [0, 0.05) is 37.7 Å². The molecule has 1 fully saturated rings. The van der Waals surface area contributed by atoms with E-state index in [0.717, 1.165) is 49.7 Å². The summed E-state index contributed by atoms with van der Waals surface area (Å²) in [6.45, 7) is 5.83. The quantitative estimate of drug-likeness (QED) is 0.736. The number of nitrogens with zero attached hydrogens (tertiary/aromatic N) is 5. The maximum absolute atomic E-state index is 13.0. The van der Waals surface area contributed by atoms with E-state index in [9.17, 15) is 4.79 Å². The lowest BCUT2D eigenvalue weighted by Gasteiger charge is -2.31. The summed E-state index contributed by atoms with van der Waals surface area (Å²) in [5.41, 5.74) is 1.51. The van der Waals surface area contributed by atoms with Crippen molar-refractivity contribution < 1.29 is 9.21 Å². The van der Waals surface area contributed by atoms with Crippen LogP contribution in [-0.2, 0) is 13.1 Å². The van der Waals surface area contributed by atoms with Gasteiger partial charge in [-0.1, -0.05) is 18.2 Å². The fraction of sp³-hybridized carbons (Fsp3) is 0.429. The third kappa shape index (κ3) is 3.33. The Hall–Kier alpha value is -3.00. The van der Waals surface area contributed by atoms with Gasteiger partial charge in [0.25, 0.3) is 5.91 Å². The summed E-state index contributed by atoms with van der Waals surface area (Å²) in [6.07, 6.45) is 1.77. The second-order valence-electron chi connectivity index (χ2n) is 7.67. The van der Waals surface area contributed by atoms with E-state index in [1.807, 2.05) is 42.2 Å². The summed E-state index contributed by atoms with van der Waals surface area (Å²) < 4.78 is 8.09. The molecule has 8 nitrogen and oxygen atoms in total. The van der Waals surface area contributed by atoms with Gasteiger partial charge >= 0.3 is 0 Å². The molecule has 150 valence electrons. The van der Waals surface area contributed by atoms with Crippen molar-refractivity contribution >= 4 is 5.91 Å². The predicted molar refractivity (Wildman–Crippen MR) is 106 cm³/mol. The molecule has 0 radical (unpaired) electrons. The van der Waals surface area contributed by atoms with Crippen LogP contribution in [0.2, 0.25) is 0 Å². The highest BCUT2D eigenvalue weighted by atomic mass is 16.4. The van der Waals surface area contributed by atoms with E-state index in [4.69, 9.17) is 4.42 Å². The van der Waals surface area contributed by atoms with Crippen molar-refractivity contribution in [3.05, 3.63) is 53.4 Å². The van der Waals surface area contributed by atoms with Gasteiger partial charge in [-0.3, -0.25) is 4.79 Å². The smallest absolute Gasteiger partial charge is 0.291 e. The summed E-state index contributed by atoms with van der Waals surface area (Å²) in [6, 6.07) is 9.67. The van der Waals surface area contributed by atoms with Gasteiger partial charge in [-0.15, -0.1) is 10.2 Å². The average molecular weight is 392 g/mol. The number of aromatic nitrogens is 4. The molecule has 1 saturated heterocycles. The summed E-state index contributed by atoms with van der Waals surface area (Å²) in [5.74, 6) is 3.17. The van der Waals surface area contributed by atoms with Crippen LogP contribution in [0, 0.1) is 6.92 Å². The predicted octanol–water partition coefficient (Wildman–Crippen LogP) is 2.36.